The number of rotatable bonds is 5. The largest absolute Gasteiger partial charge is 0.352 e. The van der Waals surface area contributed by atoms with E-state index in [1.54, 1.807) is 12.5 Å². The van der Waals surface area contributed by atoms with E-state index >= 15 is 0 Å². The maximum absolute atomic E-state index is 11.5. The SMILES string of the molecule is CC(C)NC(=O)Cn1cncc1CCN. The maximum atomic E-state index is 11.5. The van der Waals surface area contributed by atoms with E-state index in [0.29, 0.717) is 13.1 Å². The molecule has 0 bridgehead atoms. The molecule has 0 saturated carbocycles. The lowest BCUT2D eigenvalue weighted by molar-refractivity contribution is -0.122. The molecule has 0 aliphatic heterocycles. The summed E-state index contributed by atoms with van der Waals surface area (Å²) >= 11 is 0. The number of amides is 1. The van der Waals surface area contributed by atoms with Gasteiger partial charge >= 0.3 is 0 Å². The summed E-state index contributed by atoms with van der Waals surface area (Å²) in [6.07, 6.45) is 4.15. The van der Waals surface area contributed by atoms with Crippen LogP contribution >= 0.6 is 0 Å². The number of carbonyl (C=O) groups is 1. The zero-order valence-electron chi connectivity index (χ0n) is 9.23. The first-order valence-electron chi connectivity index (χ1n) is 5.12. The molecule has 1 heterocycles. The lowest BCUT2D eigenvalue weighted by Gasteiger charge is -2.10. The number of nitrogens with zero attached hydrogens (tertiary/aromatic N) is 2. The lowest BCUT2D eigenvalue weighted by Crippen LogP contribution is -2.33. The summed E-state index contributed by atoms with van der Waals surface area (Å²) in [5.41, 5.74) is 6.46. The summed E-state index contributed by atoms with van der Waals surface area (Å²) in [7, 11) is 0. The fraction of sp³-hybridized carbons (Fsp3) is 0.600. The first-order valence-corrected chi connectivity index (χ1v) is 5.12. The molecule has 0 radical (unpaired) electrons. The standard InChI is InChI=1S/C10H18N4O/c1-8(2)13-10(15)6-14-7-12-5-9(14)3-4-11/h5,7-8H,3-4,6,11H2,1-2H3,(H,13,15). The second-order valence-corrected chi connectivity index (χ2v) is 3.77. The molecule has 0 unspecified atom stereocenters. The summed E-state index contributed by atoms with van der Waals surface area (Å²) in [6, 6.07) is 0.166. The van der Waals surface area contributed by atoms with Gasteiger partial charge in [0.1, 0.15) is 6.54 Å². The minimum Gasteiger partial charge on any atom is -0.352 e. The Hall–Kier alpha value is -1.36. The van der Waals surface area contributed by atoms with E-state index in [2.05, 4.69) is 10.3 Å². The molecule has 0 aromatic carbocycles. The minimum absolute atomic E-state index is 0.00118. The van der Waals surface area contributed by atoms with Crippen LogP contribution in [0, 0.1) is 0 Å². The van der Waals surface area contributed by atoms with Crippen LogP contribution in [0.15, 0.2) is 12.5 Å². The molecule has 0 aliphatic rings. The molecule has 84 valence electrons. The highest BCUT2D eigenvalue weighted by atomic mass is 16.2. The Balaban J connectivity index is 2.55. The van der Waals surface area contributed by atoms with Crippen molar-refractivity contribution in [1.82, 2.24) is 14.9 Å². The van der Waals surface area contributed by atoms with Crippen molar-refractivity contribution < 1.29 is 4.79 Å². The highest BCUT2D eigenvalue weighted by Crippen LogP contribution is 1.99. The van der Waals surface area contributed by atoms with Crippen molar-refractivity contribution in [3.05, 3.63) is 18.2 Å². The van der Waals surface area contributed by atoms with Gasteiger partial charge in [0.05, 0.1) is 6.33 Å². The van der Waals surface area contributed by atoms with Gasteiger partial charge in [-0.25, -0.2) is 4.98 Å². The van der Waals surface area contributed by atoms with Crippen LogP contribution in [-0.2, 0) is 17.8 Å². The molecule has 5 nitrogen and oxygen atoms in total. The van der Waals surface area contributed by atoms with E-state index in [0.717, 1.165) is 12.1 Å². The number of aromatic nitrogens is 2. The van der Waals surface area contributed by atoms with Crippen molar-refractivity contribution >= 4 is 5.91 Å². The molecule has 5 heteroatoms. The normalized spacial score (nSPS) is 10.7. The van der Waals surface area contributed by atoms with Gasteiger partial charge in [0, 0.05) is 24.4 Å². The fourth-order valence-corrected chi connectivity index (χ4v) is 1.37. The van der Waals surface area contributed by atoms with Crippen molar-refractivity contribution in [2.75, 3.05) is 6.54 Å². The van der Waals surface area contributed by atoms with Gasteiger partial charge in [-0.2, -0.15) is 0 Å². The molecule has 0 aliphatic carbocycles. The Bertz CT molecular complexity index is 319. The van der Waals surface area contributed by atoms with E-state index in [-0.39, 0.29) is 11.9 Å². The van der Waals surface area contributed by atoms with Gasteiger partial charge < -0.3 is 15.6 Å². The predicted octanol–water partition coefficient (Wildman–Crippen LogP) is -0.0911. The van der Waals surface area contributed by atoms with E-state index in [9.17, 15) is 4.79 Å². The molecule has 1 aromatic rings. The third kappa shape index (κ3) is 3.71. The van der Waals surface area contributed by atoms with Crippen LogP contribution in [0.2, 0.25) is 0 Å². The molecule has 1 amide bonds. The third-order valence-electron chi connectivity index (χ3n) is 1.96. The van der Waals surface area contributed by atoms with Gasteiger partial charge in [-0.15, -0.1) is 0 Å². The quantitative estimate of drug-likeness (QED) is 0.713. The predicted molar refractivity (Wildman–Crippen MR) is 58.3 cm³/mol. The number of nitrogens with two attached hydrogens (primary N) is 1. The Labute approximate surface area is 89.7 Å². The highest BCUT2D eigenvalue weighted by molar-refractivity contribution is 5.76. The van der Waals surface area contributed by atoms with Crippen molar-refractivity contribution in [3.63, 3.8) is 0 Å². The average Bonchev–Trinajstić information content (AvgIpc) is 2.52. The number of hydrogen-bond acceptors (Lipinski definition) is 3. The summed E-state index contributed by atoms with van der Waals surface area (Å²) in [4.78, 5) is 15.5. The monoisotopic (exact) mass is 210 g/mol. The highest BCUT2D eigenvalue weighted by Gasteiger charge is 2.07. The van der Waals surface area contributed by atoms with E-state index in [4.69, 9.17) is 5.73 Å². The molecule has 3 N–H and O–H groups in total. The first kappa shape index (κ1) is 11.7. The van der Waals surface area contributed by atoms with Crippen molar-refractivity contribution in [2.45, 2.75) is 32.9 Å². The van der Waals surface area contributed by atoms with Crippen molar-refractivity contribution in [1.29, 1.82) is 0 Å². The van der Waals surface area contributed by atoms with Crippen LogP contribution in [0.4, 0.5) is 0 Å². The molecular weight excluding hydrogens is 192 g/mol. The topological polar surface area (TPSA) is 72.9 Å². The maximum Gasteiger partial charge on any atom is 0.240 e. The first-order chi connectivity index (χ1) is 7.13. The van der Waals surface area contributed by atoms with E-state index in [1.165, 1.54) is 0 Å². The zero-order valence-corrected chi connectivity index (χ0v) is 9.23. The molecule has 1 rings (SSSR count). The van der Waals surface area contributed by atoms with Gasteiger partial charge in [0.25, 0.3) is 0 Å². The van der Waals surface area contributed by atoms with E-state index < -0.39 is 0 Å². The molecule has 0 atom stereocenters. The van der Waals surface area contributed by atoms with Crippen molar-refractivity contribution in [3.8, 4) is 0 Å². The summed E-state index contributed by atoms with van der Waals surface area (Å²) in [5.74, 6) is 0.00118. The van der Waals surface area contributed by atoms with Gasteiger partial charge in [0.15, 0.2) is 0 Å². The molecular formula is C10H18N4O. The Morgan fingerprint density at radius 1 is 1.67 bits per heavy atom. The van der Waals surface area contributed by atoms with Crippen LogP contribution in [0.5, 0.6) is 0 Å². The third-order valence-corrected chi connectivity index (χ3v) is 1.96. The van der Waals surface area contributed by atoms with Crippen LogP contribution in [0.25, 0.3) is 0 Å². The Kier molecular flexibility index (Phi) is 4.30. The smallest absolute Gasteiger partial charge is 0.240 e. The van der Waals surface area contributed by atoms with Crippen LogP contribution in [-0.4, -0.2) is 28.0 Å². The molecule has 15 heavy (non-hydrogen) atoms. The summed E-state index contributed by atoms with van der Waals surface area (Å²) in [5, 5.41) is 2.83. The van der Waals surface area contributed by atoms with Gasteiger partial charge in [-0.05, 0) is 20.4 Å². The molecule has 0 spiro atoms. The van der Waals surface area contributed by atoms with Crippen molar-refractivity contribution in [2.24, 2.45) is 5.73 Å². The Morgan fingerprint density at radius 2 is 2.40 bits per heavy atom. The minimum atomic E-state index is 0.00118. The average molecular weight is 210 g/mol. The number of carbonyl (C=O) groups excluding carboxylic acids is 1. The van der Waals surface area contributed by atoms with Gasteiger partial charge in [-0.3, -0.25) is 4.79 Å². The van der Waals surface area contributed by atoms with Crippen LogP contribution in [0.1, 0.15) is 19.5 Å². The van der Waals surface area contributed by atoms with Crippen LogP contribution in [0.3, 0.4) is 0 Å². The van der Waals surface area contributed by atoms with Crippen LogP contribution < -0.4 is 11.1 Å². The Morgan fingerprint density at radius 3 is 3.00 bits per heavy atom. The second-order valence-electron chi connectivity index (χ2n) is 3.77. The van der Waals surface area contributed by atoms with Gasteiger partial charge in [-0.1, -0.05) is 0 Å². The number of hydrogen-bond donors (Lipinski definition) is 2. The molecule has 0 saturated heterocycles. The number of nitrogens with one attached hydrogen (secondary N) is 1. The fourth-order valence-electron chi connectivity index (χ4n) is 1.37. The zero-order chi connectivity index (χ0) is 11.3. The second kappa shape index (κ2) is 5.50. The molecule has 1 aromatic heterocycles. The molecule has 0 fully saturated rings. The summed E-state index contributed by atoms with van der Waals surface area (Å²) in [6.45, 7) is 4.75. The van der Waals surface area contributed by atoms with E-state index in [1.807, 2.05) is 18.4 Å². The van der Waals surface area contributed by atoms with Gasteiger partial charge in [0.2, 0.25) is 5.91 Å². The number of imidazole rings is 1. The summed E-state index contributed by atoms with van der Waals surface area (Å²) < 4.78 is 1.82. The lowest BCUT2D eigenvalue weighted by atomic mass is 10.3.